The SMILES string of the molecule is Cc1cccc(C)c1OCC(=O)Nc1ccc(S(=O)(=O)N(C)Cc2ccccc2)cc1. The van der Waals surface area contributed by atoms with Crippen molar-refractivity contribution in [1.29, 1.82) is 0 Å². The van der Waals surface area contributed by atoms with Crippen molar-refractivity contribution < 1.29 is 17.9 Å². The minimum Gasteiger partial charge on any atom is -0.483 e. The first-order valence-corrected chi connectivity index (χ1v) is 11.3. The van der Waals surface area contributed by atoms with Gasteiger partial charge in [-0.15, -0.1) is 0 Å². The van der Waals surface area contributed by atoms with E-state index in [1.165, 1.54) is 16.4 Å². The standard InChI is InChI=1S/C24H26N2O4S/c1-18-8-7-9-19(2)24(18)30-17-23(27)25-21-12-14-22(15-13-21)31(28,29)26(3)16-20-10-5-4-6-11-20/h4-15H,16-17H2,1-3H3,(H,25,27). The Morgan fingerprint density at radius 2 is 1.52 bits per heavy atom. The van der Waals surface area contributed by atoms with Crippen LogP contribution in [-0.4, -0.2) is 32.3 Å². The molecule has 162 valence electrons. The summed E-state index contributed by atoms with van der Waals surface area (Å²) < 4.78 is 32.6. The summed E-state index contributed by atoms with van der Waals surface area (Å²) in [4.78, 5) is 12.4. The molecule has 7 heteroatoms. The Hall–Kier alpha value is -3.16. The third-order valence-corrected chi connectivity index (χ3v) is 6.67. The number of nitrogens with zero attached hydrogens (tertiary/aromatic N) is 1. The summed E-state index contributed by atoms with van der Waals surface area (Å²) in [7, 11) is -2.10. The van der Waals surface area contributed by atoms with Gasteiger partial charge in [0.1, 0.15) is 5.75 Å². The fourth-order valence-corrected chi connectivity index (χ4v) is 4.34. The number of carbonyl (C=O) groups is 1. The van der Waals surface area contributed by atoms with Crippen molar-refractivity contribution >= 4 is 21.6 Å². The average molecular weight is 439 g/mol. The van der Waals surface area contributed by atoms with E-state index in [0.717, 1.165) is 16.7 Å². The number of anilines is 1. The predicted octanol–water partition coefficient (Wildman–Crippen LogP) is 4.14. The maximum absolute atomic E-state index is 12.8. The van der Waals surface area contributed by atoms with Gasteiger partial charge in [-0.2, -0.15) is 4.31 Å². The van der Waals surface area contributed by atoms with E-state index in [1.807, 2.05) is 62.4 Å². The van der Waals surface area contributed by atoms with E-state index in [4.69, 9.17) is 4.74 Å². The summed E-state index contributed by atoms with van der Waals surface area (Å²) in [5.74, 6) is 0.375. The van der Waals surface area contributed by atoms with Gasteiger partial charge in [0, 0.05) is 19.3 Å². The zero-order valence-corrected chi connectivity index (χ0v) is 18.6. The smallest absolute Gasteiger partial charge is 0.262 e. The van der Waals surface area contributed by atoms with Crippen molar-refractivity contribution in [2.45, 2.75) is 25.3 Å². The Morgan fingerprint density at radius 1 is 0.903 bits per heavy atom. The summed E-state index contributed by atoms with van der Waals surface area (Å²) in [5.41, 5.74) is 3.32. The van der Waals surface area contributed by atoms with Crippen LogP contribution in [0.15, 0.2) is 77.7 Å². The van der Waals surface area contributed by atoms with Crippen molar-refractivity contribution in [3.63, 3.8) is 0 Å². The van der Waals surface area contributed by atoms with Crippen LogP contribution in [-0.2, 0) is 21.4 Å². The fourth-order valence-electron chi connectivity index (χ4n) is 3.18. The second kappa shape index (κ2) is 9.76. The van der Waals surface area contributed by atoms with Crippen molar-refractivity contribution in [2.24, 2.45) is 0 Å². The monoisotopic (exact) mass is 438 g/mol. The highest BCUT2D eigenvalue weighted by molar-refractivity contribution is 7.89. The quantitative estimate of drug-likeness (QED) is 0.574. The Morgan fingerprint density at radius 3 is 2.13 bits per heavy atom. The van der Waals surface area contributed by atoms with E-state index >= 15 is 0 Å². The summed E-state index contributed by atoms with van der Waals surface area (Å²) in [5, 5.41) is 2.73. The molecule has 0 saturated heterocycles. The Labute approximate surface area is 183 Å². The van der Waals surface area contributed by atoms with Gasteiger partial charge in [-0.25, -0.2) is 8.42 Å². The van der Waals surface area contributed by atoms with Gasteiger partial charge in [0.25, 0.3) is 5.91 Å². The van der Waals surface area contributed by atoms with Crippen LogP contribution in [0.2, 0.25) is 0 Å². The number of amides is 1. The molecule has 0 bridgehead atoms. The second-order valence-corrected chi connectivity index (χ2v) is 9.37. The molecule has 31 heavy (non-hydrogen) atoms. The molecular formula is C24H26N2O4S. The summed E-state index contributed by atoms with van der Waals surface area (Å²) in [6, 6.07) is 21.3. The first-order valence-electron chi connectivity index (χ1n) is 9.86. The number of sulfonamides is 1. The maximum Gasteiger partial charge on any atom is 0.262 e. The molecule has 0 saturated carbocycles. The number of rotatable bonds is 8. The predicted molar refractivity (Wildman–Crippen MR) is 122 cm³/mol. The minimum absolute atomic E-state index is 0.133. The van der Waals surface area contributed by atoms with Gasteiger partial charge in [-0.3, -0.25) is 4.79 Å². The molecule has 0 heterocycles. The third kappa shape index (κ3) is 5.71. The number of para-hydroxylation sites is 1. The number of carbonyl (C=O) groups excluding carboxylic acids is 1. The van der Waals surface area contributed by atoms with Gasteiger partial charge in [0.05, 0.1) is 4.90 Å². The Balaban J connectivity index is 1.60. The van der Waals surface area contributed by atoms with Gasteiger partial charge < -0.3 is 10.1 Å². The van der Waals surface area contributed by atoms with E-state index in [2.05, 4.69) is 5.32 Å². The van der Waals surface area contributed by atoms with E-state index in [9.17, 15) is 13.2 Å². The number of nitrogens with one attached hydrogen (secondary N) is 1. The van der Waals surface area contributed by atoms with E-state index in [-0.39, 0.29) is 24.0 Å². The molecule has 0 spiro atoms. The van der Waals surface area contributed by atoms with Gasteiger partial charge in [-0.1, -0.05) is 48.5 Å². The van der Waals surface area contributed by atoms with Gasteiger partial charge in [-0.05, 0) is 54.8 Å². The van der Waals surface area contributed by atoms with E-state index < -0.39 is 10.0 Å². The largest absolute Gasteiger partial charge is 0.483 e. The van der Waals surface area contributed by atoms with Crippen LogP contribution < -0.4 is 10.1 Å². The van der Waals surface area contributed by atoms with E-state index in [1.54, 1.807) is 19.2 Å². The first kappa shape index (κ1) is 22.5. The van der Waals surface area contributed by atoms with Crippen LogP contribution in [0.1, 0.15) is 16.7 Å². The van der Waals surface area contributed by atoms with Crippen LogP contribution in [0.4, 0.5) is 5.69 Å². The molecule has 0 aliphatic heterocycles. The highest BCUT2D eigenvalue weighted by atomic mass is 32.2. The molecular weight excluding hydrogens is 412 g/mol. The van der Waals surface area contributed by atoms with Crippen molar-refractivity contribution in [3.05, 3.63) is 89.5 Å². The molecule has 3 aromatic carbocycles. The minimum atomic E-state index is -3.64. The molecule has 0 aromatic heterocycles. The highest BCUT2D eigenvalue weighted by Crippen LogP contribution is 2.22. The second-order valence-electron chi connectivity index (χ2n) is 7.33. The molecule has 6 nitrogen and oxygen atoms in total. The average Bonchev–Trinajstić information content (AvgIpc) is 2.74. The normalized spacial score (nSPS) is 11.4. The molecule has 0 aliphatic carbocycles. The molecule has 3 aromatic rings. The van der Waals surface area contributed by atoms with Crippen LogP contribution in [0.5, 0.6) is 5.75 Å². The van der Waals surface area contributed by atoms with Crippen molar-refractivity contribution in [1.82, 2.24) is 4.31 Å². The maximum atomic E-state index is 12.8. The number of ether oxygens (including phenoxy) is 1. The molecule has 1 amide bonds. The fraction of sp³-hybridized carbons (Fsp3) is 0.208. The highest BCUT2D eigenvalue weighted by Gasteiger charge is 2.21. The zero-order valence-electron chi connectivity index (χ0n) is 17.8. The topological polar surface area (TPSA) is 75.7 Å². The lowest BCUT2D eigenvalue weighted by Crippen LogP contribution is -2.26. The molecule has 0 radical (unpaired) electrons. The molecule has 0 unspecified atom stereocenters. The van der Waals surface area contributed by atoms with Crippen molar-refractivity contribution in [2.75, 3.05) is 19.0 Å². The van der Waals surface area contributed by atoms with Crippen LogP contribution in [0, 0.1) is 13.8 Å². The summed E-state index contributed by atoms with van der Waals surface area (Å²) in [6.45, 7) is 3.99. The Kier molecular flexibility index (Phi) is 7.09. The number of hydrogen-bond donors (Lipinski definition) is 1. The third-order valence-electron chi connectivity index (χ3n) is 4.85. The number of benzene rings is 3. The molecule has 0 atom stereocenters. The number of aryl methyl sites for hydroxylation is 2. The van der Waals surface area contributed by atoms with Crippen LogP contribution in [0.3, 0.4) is 0 Å². The lowest BCUT2D eigenvalue weighted by atomic mass is 10.1. The van der Waals surface area contributed by atoms with Crippen LogP contribution in [0.25, 0.3) is 0 Å². The summed E-state index contributed by atoms with van der Waals surface area (Å²) >= 11 is 0. The lowest BCUT2D eigenvalue weighted by molar-refractivity contribution is -0.118. The lowest BCUT2D eigenvalue weighted by Gasteiger charge is -2.17. The van der Waals surface area contributed by atoms with Crippen LogP contribution >= 0.6 is 0 Å². The van der Waals surface area contributed by atoms with Gasteiger partial charge >= 0.3 is 0 Å². The first-order chi connectivity index (χ1) is 14.8. The molecule has 0 fully saturated rings. The summed E-state index contributed by atoms with van der Waals surface area (Å²) in [6.07, 6.45) is 0. The Bertz CT molecular complexity index is 1120. The van der Waals surface area contributed by atoms with Gasteiger partial charge in [0.15, 0.2) is 6.61 Å². The van der Waals surface area contributed by atoms with Crippen molar-refractivity contribution in [3.8, 4) is 5.75 Å². The zero-order chi connectivity index (χ0) is 22.4. The van der Waals surface area contributed by atoms with Gasteiger partial charge in [0.2, 0.25) is 10.0 Å². The molecule has 3 rings (SSSR count). The number of hydrogen-bond acceptors (Lipinski definition) is 4. The molecule has 1 N–H and O–H groups in total. The van der Waals surface area contributed by atoms with E-state index in [0.29, 0.717) is 11.4 Å². The molecule has 0 aliphatic rings.